The zero-order valence-corrected chi connectivity index (χ0v) is 8.15. The normalized spacial score (nSPS) is 12.2. The van der Waals surface area contributed by atoms with Gasteiger partial charge in [-0.15, -0.1) is 0 Å². The molecule has 76 valence electrons. The van der Waals surface area contributed by atoms with Crippen LogP contribution in [0, 0.1) is 0 Å². The third-order valence-electron chi connectivity index (χ3n) is 1.94. The highest BCUT2D eigenvalue weighted by Gasteiger charge is 2.09. The zero-order valence-electron chi connectivity index (χ0n) is 8.15. The third-order valence-corrected chi connectivity index (χ3v) is 1.94. The lowest BCUT2D eigenvalue weighted by Crippen LogP contribution is -2.07. The van der Waals surface area contributed by atoms with Crippen molar-refractivity contribution < 1.29 is 14.6 Å². The predicted octanol–water partition coefficient (Wildman–Crippen LogP) is 1.41. The number of hydrogen-bond donors (Lipinski definition) is 2. The lowest BCUT2D eigenvalue weighted by molar-refractivity contribution is 0.0696. The van der Waals surface area contributed by atoms with Gasteiger partial charge in [-0.05, 0) is 30.7 Å². The molecule has 0 radical (unpaired) electrons. The molecule has 1 rings (SSSR count). The molecule has 0 spiro atoms. The molecule has 0 fully saturated rings. The fourth-order valence-corrected chi connectivity index (χ4v) is 1.13. The Labute approximate surface area is 82.3 Å². The van der Waals surface area contributed by atoms with E-state index in [0.29, 0.717) is 5.75 Å². The molecular weight excluding hydrogens is 182 g/mol. The van der Waals surface area contributed by atoms with E-state index in [-0.39, 0.29) is 11.6 Å². The topological polar surface area (TPSA) is 72.5 Å². The van der Waals surface area contributed by atoms with Crippen molar-refractivity contribution in [1.82, 2.24) is 0 Å². The Kier molecular flexibility index (Phi) is 3.09. The minimum Gasteiger partial charge on any atom is -0.497 e. The Morgan fingerprint density at radius 2 is 2.14 bits per heavy atom. The number of hydrogen-bond acceptors (Lipinski definition) is 3. The monoisotopic (exact) mass is 195 g/mol. The smallest absolute Gasteiger partial charge is 0.335 e. The molecule has 0 aliphatic carbocycles. The summed E-state index contributed by atoms with van der Waals surface area (Å²) in [6.45, 7) is 1.79. The maximum absolute atomic E-state index is 10.7. The molecular formula is C10H13NO3. The minimum atomic E-state index is -0.981. The number of benzene rings is 1. The van der Waals surface area contributed by atoms with E-state index in [1.807, 2.05) is 0 Å². The lowest BCUT2D eigenvalue weighted by Gasteiger charge is -2.09. The van der Waals surface area contributed by atoms with Gasteiger partial charge in [-0.1, -0.05) is 0 Å². The van der Waals surface area contributed by atoms with Crippen LogP contribution in [-0.2, 0) is 0 Å². The Balaban J connectivity index is 3.20. The highest BCUT2D eigenvalue weighted by molar-refractivity contribution is 5.88. The number of methoxy groups -OCH3 is 1. The molecule has 0 saturated heterocycles. The zero-order chi connectivity index (χ0) is 10.7. The van der Waals surface area contributed by atoms with Crippen LogP contribution in [0.1, 0.15) is 28.9 Å². The van der Waals surface area contributed by atoms with E-state index >= 15 is 0 Å². The molecule has 1 aromatic rings. The second-order valence-corrected chi connectivity index (χ2v) is 3.09. The first-order valence-corrected chi connectivity index (χ1v) is 4.22. The molecule has 4 nitrogen and oxygen atoms in total. The summed E-state index contributed by atoms with van der Waals surface area (Å²) < 4.78 is 4.98. The van der Waals surface area contributed by atoms with Crippen LogP contribution in [0.25, 0.3) is 0 Å². The number of aromatic carboxylic acids is 1. The molecule has 0 aliphatic heterocycles. The summed E-state index contributed by atoms with van der Waals surface area (Å²) in [4.78, 5) is 10.7. The van der Waals surface area contributed by atoms with Gasteiger partial charge in [0.2, 0.25) is 0 Å². The van der Waals surface area contributed by atoms with E-state index in [0.717, 1.165) is 5.56 Å². The summed E-state index contributed by atoms with van der Waals surface area (Å²) >= 11 is 0. The van der Waals surface area contributed by atoms with Crippen LogP contribution in [0.2, 0.25) is 0 Å². The maximum Gasteiger partial charge on any atom is 0.335 e. The third kappa shape index (κ3) is 2.23. The standard InChI is InChI=1S/C10H13NO3/c1-6(11)7-3-8(10(12)13)5-9(4-7)14-2/h3-6H,11H2,1-2H3,(H,12,13). The van der Waals surface area contributed by atoms with Gasteiger partial charge in [0.15, 0.2) is 0 Å². The Morgan fingerprint density at radius 3 is 2.57 bits per heavy atom. The molecule has 0 heterocycles. The molecule has 0 bridgehead atoms. The summed E-state index contributed by atoms with van der Waals surface area (Å²) in [5.41, 5.74) is 6.60. The van der Waals surface area contributed by atoms with Crippen LogP contribution in [0.5, 0.6) is 5.75 Å². The van der Waals surface area contributed by atoms with Crippen molar-refractivity contribution in [2.45, 2.75) is 13.0 Å². The first-order chi connectivity index (χ1) is 6.54. The molecule has 3 N–H and O–H groups in total. The molecule has 1 unspecified atom stereocenters. The highest BCUT2D eigenvalue weighted by Crippen LogP contribution is 2.20. The van der Waals surface area contributed by atoms with Crippen molar-refractivity contribution in [2.24, 2.45) is 5.73 Å². The predicted molar refractivity (Wildman–Crippen MR) is 52.6 cm³/mol. The summed E-state index contributed by atoms with van der Waals surface area (Å²) in [6, 6.07) is 4.55. The Bertz CT molecular complexity index is 347. The van der Waals surface area contributed by atoms with Gasteiger partial charge < -0.3 is 15.6 Å². The summed E-state index contributed by atoms with van der Waals surface area (Å²) in [7, 11) is 1.49. The molecule has 0 saturated carbocycles. The number of nitrogens with two attached hydrogens (primary N) is 1. The Hall–Kier alpha value is -1.55. The first kappa shape index (κ1) is 10.5. The van der Waals surface area contributed by atoms with Gasteiger partial charge in [-0.2, -0.15) is 0 Å². The Morgan fingerprint density at radius 1 is 1.50 bits per heavy atom. The van der Waals surface area contributed by atoms with E-state index in [2.05, 4.69) is 0 Å². The summed E-state index contributed by atoms with van der Waals surface area (Å²) in [6.07, 6.45) is 0. The SMILES string of the molecule is COc1cc(C(=O)O)cc(C(C)N)c1. The fourth-order valence-electron chi connectivity index (χ4n) is 1.13. The van der Waals surface area contributed by atoms with E-state index in [4.69, 9.17) is 15.6 Å². The van der Waals surface area contributed by atoms with Crippen LogP contribution in [-0.4, -0.2) is 18.2 Å². The number of carboxylic acids is 1. The largest absolute Gasteiger partial charge is 0.497 e. The maximum atomic E-state index is 10.7. The average Bonchev–Trinajstić information content (AvgIpc) is 2.16. The van der Waals surface area contributed by atoms with Crippen LogP contribution in [0.4, 0.5) is 0 Å². The first-order valence-electron chi connectivity index (χ1n) is 4.22. The highest BCUT2D eigenvalue weighted by atomic mass is 16.5. The quantitative estimate of drug-likeness (QED) is 0.764. The van der Waals surface area contributed by atoms with Crippen molar-refractivity contribution >= 4 is 5.97 Å². The van der Waals surface area contributed by atoms with E-state index < -0.39 is 5.97 Å². The van der Waals surface area contributed by atoms with Crippen LogP contribution in [0.15, 0.2) is 18.2 Å². The molecule has 1 aromatic carbocycles. The van der Waals surface area contributed by atoms with Crippen LogP contribution < -0.4 is 10.5 Å². The van der Waals surface area contributed by atoms with Crippen molar-refractivity contribution in [2.75, 3.05) is 7.11 Å². The number of ether oxygens (including phenoxy) is 1. The lowest BCUT2D eigenvalue weighted by atomic mass is 10.1. The number of carbonyl (C=O) groups is 1. The van der Waals surface area contributed by atoms with Crippen molar-refractivity contribution in [3.05, 3.63) is 29.3 Å². The van der Waals surface area contributed by atoms with E-state index in [9.17, 15) is 4.79 Å². The fraction of sp³-hybridized carbons (Fsp3) is 0.300. The molecule has 1 atom stereocenters. The van der Waals surface area contributed by atoms with Crippen molar-refractivity contribution in [3.8, 4) is 5.75 Å². The molecule has 14 heavy (non-hydrogen) atoms. The van der Waals surface area contributed by atoms with Gasteiger partial charge in [0.25, 0.3) is 0 Å². The average molecular weight is 195 g/mol. The van der Waals surface area contributed by atoms with Crippen molar-refractivity contribution in [3.63, 3.8) is 0 Å². The van der Waals surface area contributed by atoms with Gasteiger partial charge >= 0.3 is 5.97 Å². The molecule has 4 heteroatoms. The molecule has 0 aliphatic rings. The second-order valence-electron chi connectivity index (χ2n) is 3.09. The van der Waals surface area contributed by atoms with Gasteiger partial charge in [0.05, 0.1) is 12.7 Å². The molecule has 0 amide bonds. The van der Waals surface area contributed by atoms with E-state index in [1.165, 1.54) is 13.2 Å². The van der Waals surface area contributed by atoms with Crippen LogP contribution in [0.3, 0.4) is 0 Å². The van der Waals surface area contributed by atoms with Crippen molar-refractivity contribution in [1.29, 1.82) is 0 Å². The number of carboxylic acid groups (broad SMARTS) is 1. The van der Waals surface area contributed by atoms with Crippen LogP contribution >= 0.6 is 0 Å². The number of rotatable bonds is 3. The summed E-state index contributed by atoms with van der Waals surface area (Å²) in [5.74, 6) is -0.469. The molecule has 0 aromatic heterocycles. The van der Waals surface area contributed by atoms with E-state index in [1.54, 1.807) is 19.1 Å². The van der Waals surface area contributed by atoms with Gasteiger partial charge in [-0.25, -0.2) is 4.79 Å². The second kappa shape index (κ2) is 4.11. The minimum absolute atomic E-state index is 0.191. The van der Waals surface area contributed by atoms with Gasteiger partial charge in [0.1, 0.15) is 5.75 Å². The van der Waals surface area contributed by atoms with Gasteiger partial charge in [0, 0.05) is 6.04 Å². The van der Waals surface area contributed by atoms with Gasteiger partial charge in [-0.3, -0.25) is 0 Å². The summed E-state index contributed by atoms with van der Waals surface area (Å²) in [5, 5.41) is 8.81.